The summed E-state index contributed by atoms with van der Waals surface area (Å²) in [6, 6.07) is 6.46. The molecule has 18 nitrogen and oxygen atoms in total. The Morgan fingerprint density at radius 3 is 1.94 bits per heavy atom. The smallest absolute Gasteiger partial charge is 0.253 e. The van der Waals surface area contributed by atoms with Gasteiger partial charge in [0.2, 0.25) is 5.91 Å². The minimum atomic E-state index is -0.693. The van der Waals surface area contributed by atoms with E-state index >= 15 is 0 Å². The van der Waals surface area contributed by atoms with Crippen molar-refractivity contribution in [2.75, 3.05) is 137 Å². The first-order valence-corrected chi connectivity index (χ1v) is 23.6. The van der Waals surface area contributed by atoms with Gasteiger partial charge >= 0.3 is 0 Å². The van der Waals surface area contributed by atoms with Crippen molar-refractivity contribution in [3.05, 3.63) is 41.7 Å². The fraction of sp³-hybridized carbons (Fsp3) is 0.681. The molecule has 4 heterocycles. The van der Waals surface area contributed by atoms with Crippen LogP contribution in [0.2, 0.25) is 0 Å². The summed E-state index contributed by atoms with van der Waals surface area (Å²) >= 11 is 0. The zero-order valence-electron chi connectivity index (χ0n) is 38.8. The fourth-order valence-corrected chi connectivity index (χ4v) is 7.86. The van der Waals surface area contributed by atoms with Crippen molar-refractivity contribution in [1.29, 1.82) is 0 Å². The summed E-state index contributed by atoms with van der Waals surface area (Å²) in [6.07, 6.45) is 9.63. The van der Waals surface area contributed by atoms with Gasteiger partial charge in [0.25, 0.3) is 11.8 Å². The number of anilines is 1. The summed E-state index contributed by atoms with van der Waals surface area (Å²) in [5, 5.41) is 24.2. The minimum Gasteiger partial charge on any atom is -0.396 e. The van der Waals surface area contributed by atoms with Crippen LogP contribution in [0.1, 0.15) is 63.8 Å². The van der Waals surface area contributed by atoms with Crippen LogP contribution in [0.25, 0.3) is 21.9 Å². The molecule has 2 aliphatic rings. The fourth-order valence-electron chi connectivity index (χ4n) is 7.86. The predicted octanol–water partition coefficient (Wildman–Crippen LogP) is 2.34. The number of hydrogen-bond donors (Lipinski definition) is 4. The average Bonchev–Trinajstić information content (AvgIpc) is 3.84. The third-order valence-electron chi connectivity index (χ3n) is 11.9. The molecule has 2 aliphatic heterocycles. The van der Waals surface area contributed by atoms with Crippen molar-refractivity contribution in [3.8, 4) is 0 Å². The molecule has 362 valence electrons. The Morgan fingerprint density at radius 1 is 0.754 bits per heavy atom. The van der Waals surface area contributed by atoms with Gasteiger partial charge in [0.05, 0.1) is 96.9 Å². The highest BCUT2D eigenvalue weighted by Gasteiger charge is 2.28. The molecule has 3 aromatic rings. The topological polar surface area (TPSA) is 216 Å². The van der Waals surface area contributed by atoms with Crippen LogP contribution in [-0.2, 0) is 57.5 Å². The Kier molecular flexibility index (Phi) is 22.5. The van der Waals surface area contributed by atoms with Crippen molar-refractivity contribution in [2.24, 2.45) is 5.41 Å². The normalized spacial score (nSPS) is 15.1. The molecular formula is C47H74N8O10. The molecular weight excluding hydrogens is 837 g/mol. The van der Waals surface area contributed by atoms with Crippen molar-refractivity contribution < 1.29 is 48.3 Å². The number of aromatic nitrogens is 3. The van der Waals surface area contributed by atoms with E-state index in [0.717, 1.165) is 111 Å². The Bertz CT molecular complexity index is 1930. The van der Waals surface area contributed by atoms with Crippen molar-refractivity contribution in [2.45, 2.75) is 71.8 Å². The second-order valence-electron chi connectivity index (χ2n) is 17.2. The molecule has 0 unspecified atom stereocenters. The number of rotatable bonds is 34. The van der Waals surface area contributed by atoms with E-state index < -0.39 is 5.41 Å². The summed E-state index contributed by atoms with van der Waals surface area (Å²) in [5.41, 5.74) is 9.49. The summed E-state index contributed by atoms with van der Waals surface area (Å²) < 4.78 is 29.5. The Hall–Kier alpha value is -4.11. The maximum atomic E-state index is 12.2. The molecule has 18 heteroatoms. The number of nitrogens with two attached hydrogens (primary N) is 1. The number of imide groups is 1. The number of unbranched alkanes of at least 4 members (excludes halogenated alkanes) is 2. The number of carbonyl (C=O) groups is 3. The second kappa shape index (κ2) is 28.2. The largest absolute Gasteiger partial charge is 0.396 e. The van der Waals surface area contributed by atoms with E-state index in [4.69, 9.17) is 39.4 Å². The second-order valence-corrected chi connectivity index (χ2v) is 17.2. The molecule has 0 radical (unpaired) electrons. The third kappa shape index (κ3) is 16.9. The standard InChI is InChI=1S/C47H74N8O10/c1-3-4-9-40-51-44-45(55(40)34-47(2,35-56)36-57)38-11-10-37(33-39(38)50-46(44)48)8-7-17-53-20-18-52(19-21-53)16-6-5-15-49-41(58)14-23-61-25-27-63-29-31-65-32-30-64-28-26-62-24-22-54-42(59)12-13-43(54)60/h10-13,33,56-57H,3-9,14-32,34-36H2,1-2H3,(H2,48,50)(H,49,58). The summed E-state index contributed by atoms with van der Waals surface area (Å²) in [6.45, 7) is 15.4. The summed E-state index contributed by atoms with van der Waals surface area (Å²) in [4.78, 5) is 51.1. The number of nitrogens with zero attached hydrogens (tertiary/aromatic N) is 6. The first-order chi connectivity index (χ1) is 31.6. The highest BCUT2D eigenvalue weighted by atomic mass is 16.6. The third-order valence-corrected chi connectivity index (χ3v) is 11.9. The monoisotopic (exact) mass is 911 g/mol. The molecule has 1 aromatic carbocycles. The van der Waals surface area contributed by atoms with Crippen LogP contribution in [0, 0.1) is 5.41 Å². The average molecular weight is 911 g/mol. The maximum absolute atomic E-state index is 12.2. The number of fused-ring (bicyclic) bond motifs is 3. The zero-order chi connectivity index (χ0) is 46.3. The summed E-state index contributed by atoms with van der Waals surface area (Å²) in [5.74, 6) is 0.693. The Morgan fingerprint density at radius 2 is 1.34 bits per heavy atom. The van der Waals surface area contributed by atoms with Gasteiger partial charge in [-0.3, -0.25) is 19.3 Å². The van der Waals surface area contributed by atoms with Crippen LogP contribution in [0.15, 0.2) is 30.4 Å². The molecule has 1 saturated heterocycles. The number of aryl methyl sites for hydroxylation is 2. The lowest BCUT2D eigenvalue weighted by Crippen LogP contribution is -2.46. The predicted molar refractivity (Wildman–Crippen MR) is 248 cm³/mol. The van der Waals surface area contributed by atoms with Gasteiger partial charge in [-0.2, -0.15) is 0 Å². The van der Waals surface area contributed by atoms with Gasteiger partial charge in [0, 0.05) is 75.1 Å². The first-order valence-electron chi connectivity index (χ1n) is 23.6. The lowest BCUT2D eigenvalue weighted by molar-refractivity contribution is -0.137. The van der Waals surface area contributed by atoms with Crippen molar-refractivity contribution in [1.82, 2.24) is 34.6 Å². The van der Waals surface area contributed by atoms with Crippen LogP contribution < -0.4 is 11.1 Å². The van der Waals surface area contributed by atoms with Crippen LogP contribution >= 0.6 is 0 Å². The highest BCUT2D eigenvalue weighted by Crippen LogP contribution is 2.32. The number of pyridine rings is 1. The number of amides is 3. The number of aliphatic hydroxyl groups is 2. The number of hydrogen-bond acceptors (Lipinski definition) is 15. The van der Waals surface area contributed by atoms with Gasteiger partial charge in [0.1, 0.15) is 11.3 Å². The Balaban J connectivity index is 0.837. The molecule has 1 fully saturated rings. The minimum absolute atomic E-state index is 0.000175. The molecule has 0 spiro atoms. The molecule has 0 atom stereocenters. The van der Waals surface area contributed by atoms with E-state index in [0.29, 0.717) is 90.3 Å². The van der Waals surface area contributed by atoms with E-state index in [-0.39, 0.29) is 44.1 Å². The number of benzene rings is 1. The number of nitrogens with one attached hydrogen (secondary N) is 1. The van der Waals surface area contributed by atoms with Crippen LogP contribution in [-0.4, -0.2) is 189 Å². The van der Waals surface area contributed by atoms with E-state index in [1.165, 1.54) is 17.7 Å². The van der Waals surface area contributed by atoms with Gasteiger partial charge in [-0.05, 0) is 56.8 Å². The molecule has 0 bridgehead atoms. The zero-order valence-corrected chi connectivity index (χ0v) is 38.8. The first kappa shape index (κ1) is 51.9. The lowest BCUT2D eigenvalue weighted by Gasteiger charge is -2.34. The number of ether oxygens (including phenoxy) is 5. The van der Waals surface area contributed by atoms with Crippen LogP contribution in [0.3, 0.4) is 0 Å². The number of aliphatic hydroxyl groups excluding tert-OH is 2. The van der Waals surface area contributed by atoms with Crippen molar-refractivity contribution in [3.63, 3.8) is 0 Å². The summed E-state index contributed by atoms with van der Waals surface area (Å²) in [7, 11) is 0. The van der Waals surface area contributed by atoms with E-state index in [2.05, 4.69) is 44.8 Å². The van der Waals surface area contributed by atoms with Gasteiger partial charge in [-0.1, -0.05) is 32.4 Å². The molecule has 65 heavy (non-hydrogen) atoms. The van der Waals surface area contributed by atoms with E-state index in [9.17, 15) is 24.6 Å². The van der Waals surface area contributed by atoms with Gasteiger partial charge in [0.15, 0.2) is 5.82 Å². The molecule has 0 saturated carbocycles. The maximum Gasteiger partial charge on any atom is 0.253 e. The molecule has 0 aliphatic carbocycles. The molecule has 3 amide bonds. The molecule has 2 aromatic heterocycles. The van der Waals surface area contributed by atoms with E-state index in [1.807, 2.05) is 6.92 Å². The number of nitrogen functional groups attached to an aromatic ring is 1. The van der Waals surface area contributed by atoms with Gasteiger partial charge in [-0.15, -0.1) is 0 Å². The van der Waals surface area contributed by atoms with Crippen molar-refractivity contribution >= 4 is 45.5 Å². The quantitative estimate of drug-likeness (QED) is 0.0500. The van der Waals surface area contributed by atoms with Crippen LogP contribution in [0.4, 0.5) is 5.82 Å². The molecule has 5 rings (SSSR count). The highest BCUT2D eigenvalue weighted by molar-refractivity contribution is 6.12. The Labute approximate surface area is 383 Å². The number of piperazine rings is 1. The van der Waals surface area contributed by atoms with Gasteiger partial charge in [-0.25, -0.2) is 9.97 Å². The van der Waals surface area contributed by atoms with Crippen LogP contribution in [0.5, 0.6) is 0 Å². The number of imidazole rings is 1. The SMILES string of the molecule is CCCCc1nc2c(N)nc3cc(CCCN4CCN(CCCCNC(=O)CCOCCOCCOCCOCCOCCN5C(=O)C=CC5=O)CC4)ccc3c2n1CC(C)(CO)CO. The van der Waals surface area contributed by atoms with Gasteiger partial charge < -0.3 is 59.3 Å². The molecule has 5 N–H and O–H groups in total. The number of carbonyl (C=O) groups excluding carboxylic acids is 3. The van der Waals surface area contributed by atoms with E-state index in [1.54, 1.807) is 0 Å². The lowest BCUT2D eigenvalue weighted by atomic mass is 9.92.